The van der Waals surface area contributed by atoms with Crippen molar-refractivity contribution in [2.24, 2.45) is 12.0 Å². The van der Waals surface area contributed by atoms with Gasteiger partial charge in [-0.25, -0.2) is 9.38 Å². The summed E-state index contributed by atoms with van der Waals surface area (Å²) in [4.78, 5) is 6.94. The molecule has 27 heavy (non-hydrogen) atoms. The smallest absolute Gasteiger partial charge is 0.194 e. The first-order valence-electron chi connectivity index (χ1n) is 9.27. The van der Waals surface area contributed by atoms with E-state index in [-0.39, 0.29) is 18.0 Å². The lowest BCUT2D eigenvalue weighted by molar-refractivity contribution is -0.0605. The van der Waals surface area contributed by atoms with Crippen molar-refractivity contribution in [1.82, 2.24) is 25.0 Å². The summed E-state index contributed by atoms with van der Waals surface area (Å²) in [5.74, 6) is 2.26. The van der Waals surface area contributed by atoms with E-state index in [9.17, 15) is 4.39 Å². The van der Waals surface area contributed by atoms with Crippen LogP contribution in [-0.4, -0.2) is 51.4 Å². The molecule has 3 rings (SSSR count). The van der Waals surface area contributed by atoms with Crippen LogP contribution in [0.1, 0.15) is 37.2 Å². The van der Waals surface area contributed by atoms with E-state index in [2.05, 4.69) is 20.4 Å². The fraction of sp³-hybridized carbons (Fsp3) is 0.526. The van der Waals surface area contributed by atoms with Crippen LogP contribution in [0.25, 0.3) is 0 Å². The summed E-state index contributed by atoms with van der Waals surface area (Å²) < 4.78 is 21.3. The van der Waals surface area contributed by atoms with E-state index in [1.807, 2.05) is 32.4 Å². The van der Waals surface area contributed by atoms with Crippen LogP contribution in [0, 0.1) is 12.7 Å². The summed E-state index contributed by atoms with van der Waals surface area (Å²) in [5, 5.41) is 11.6. The molecule has 0 spiro atoms. The zero-order valence-corrected chi connectivity index (χ0v) is 16.3. The first-order valence-corrected chi connectivity index (χ1v) is 9.27. The second-order valence-electron chi connectivity index (χ2n) is 6.78. The number of hydrogen-bond acceptors (Lipinski definition) is 4. The predicted molar refractivity (Wildman–Crippen MR) is 102 cm³/mol. The van der Waals surface area contributed by atoms with Crippen molar-refractivity contribution in [3.05, 3.63) is 47.3 Å². The molecule has 1 N–H and O–H groups in total. The predicted octanol–water partition coefficient (Wildman–Crippen LogP) is 2.19. The number of nitrogens with zero attached hydrogens (tertiary/aromatic N) is 5. The number of morpholine rings is 1. The molecule has 1 aromatic carbocycles. The normalized spacial score (nSPS) is 20.8. The molecule has 2 heterocycles. The average Bonchev–Trinajstić information content (AvgIpc) is 2.97. The van der Waals surface area contributed by atoms with Gasteiger partial charge >= 0.3 is 0 Å². The second-order valence-corrected chi connectivity index (χ2v) is 6.78. The molecular weight excluding hydrogens is 347 g/mol. The van der Waals surface area contributed by atoms with Gasteiger partial charge in [0.05, 0.1) is 12.6 Å². The Morgan fingerprint density at radius 1 is 1.30 bits per heavy atom. The molecule has 2 atom stereocenters. The number of rotatable bonds is 4. The van der Waals surface area contributed by atoms with Gasteiger partial charge in [-0.05, 0) is 38.5 Å². The Labute approximate surface area is 159 Å². The minimum absolute atomic E-state index is 0.0368. The van der Waals surface area contributed by atoms with Crippen LogP contribution in [-0.2, 0) is 18.3 Å². The van der Waals surface area contributed by atoms with E-state index in [1.165, 1.54) is 12.1 Å². The molecule has 7 nitrogen and oxygen atoms in total. The maximum Gasteiger partial charge on any atom is 0.194 e. The number of aliphatic imine (C=N–C) groups is 1. The van der Waals surface area contributed by atoms with Crippen molar-refractivity contribution < 1.29 is 9.13 Å². The Balaban J connectivity index is 1.77. The summed E-state index contributed by atoms with van der Waals surface area (Å²) in [7, 11) is 1.94. The zero-order chi connectivity index (χ0) is 19.4. The topological polar surface area (TPSA) is 67.6 Å². The second kappa shape index (κ2) is 8.47. The molecular formula is C19H27FN6O. The van der Waals surface area contributed by atoms with Crippen molar-refractivity contribution >= 4 is 5.96 Å². The van der Waals surface area contributed by atoms with E-state index in [0.29, 0.717) is 13.1 Å². The van der Waals surface area contributed by atoms with E-state index >= 15 is 0 Å². The standard InChI is InChI=1S/C19H27FN6O/c1-5-21-19(22-10-18-24-23-14(3)25(18)4)26-11-13(2)27-17(12-26)15-6-8-16(20)9-7-15/h6-9,13,17H,5,10-12H2,1-4H3,(H,21,22). The van der Waals surface area contributed by atoms with Crippen LogP contribution in [0.2, 0.25) is 0 Å². The molecule has 146 valence electrons. The summed E-state index contributed by atoms with van der Waals surface area (Å²) in [6.45, 7) is 8.61. The highest BCUT2D eigenvalue weighted by molar-refractivity contribution is 5.80. The van der Waals surface area contributed by atoms with Crippen LogP contribution >= 0.6 is 0 Å². The van der Waals surface area contributed by atoms with Gasteiger partial charge in [0.15, 0.2) is 11.8 Å². The third-order valence-corrected chi connectivity index (χ3v) is 4.69. The van der Waals surface area contributed by atoms with Crippen LogP contribution in [0.4, 0.5) is 4.39 Å². The summed E-state index contributed by atoms with van der Waals surface area (Å²) >= 11 is 0. The molecule has 1 fully saturated rings. The van der Waals surface area contributed by atoms with Crippen molar-refractivity contribution in [2.75, 3.05) is 19.6 Å². The fourth-order valence-corrected chi connectivity index (χ4v) is 3.15. The quantitative estimate of drug-likeness (QED) is 0.656. The third kappa shape index (κ3) is 4.63. The highest BCUT2D eigenvalue weighted by Crippen LogP contribution is 2.25. The van der Waals surface area contributed by atoms with Gasteiger partial charge < -0.3 is 19.5 Å². The third-order valence-electron chi connectivity index (χ3n) is 4.69. The number of aryl methyl sites for hydroxylation is 1. The molecule has 1 aliphatic heterocycles. The number of ether oxygens (including phenoxy) is 1. The molecule has 1 aromatic heterocycles. The Hall–Kier alpha value is -2.48. The van der Waals surface area contributed by atoms with Gasteiger partial charge in [-0.2, -0.15) is 0 Å². The van der Waals surface area contributed by atoms with Gasteiger partial charge in [-0.1, -0.05) is 12.1 Å². The lowest BCUT2D eigenvalue weighted by Gasteiger charge is -2.38. The highest BCUT2D eigenvalue weighted by Gasteiger charge is 2.28. The molecule has 0 amide bonds. The van der Waals surface area contributed by atoms with E-state index in [0.717, 1.165) is 36.3 Å². The molecule has 0 saturated carbocycles. The maximum atomic E-state index is 13.2. The van der Waals surface area contributed by atoms with Crippen LogP contribution in [0.3, 0.4) is 0 Å². The maximum absolute atomic E-state index is 13.2. The lowest BCUT2D eigenvalue weighted by atomic mass is 10.1. The molecule has 1 saturated heterocycles. The molecule has 8 heteroatoms. The molecule has 1 aliphatic rings. The number of nitrogens with one attached hydrogen (secondary N) is 1. The van der Waals surface area contributed by atoms with E-state index in [4.69, 9.17) is 9.73 Å². The van der Waals surface area contributed by atoms with Gasteiger partial charge in [0, 0.05) is 20.1 Å². The van der Waals surface area contributed by atoms with Gasteiger partial charge in [0.1, 0.15) is 24.3 Å². The monoisotopic (exact) mass is 374 g/mol. The summed E-state index contributed by atoms with van der Waals surface area (Å²) in [6.07, 6.45) is -0.0926. The minimum Gasteiger partial charge on any atom is -0.367 e. The van der Waals surface area contributed by atoms with E-state index in [1.54, 1.807) is 12.1 Å². The lowest BCUT2D eigenvalue weighted by Crippen LogP contribution is -2.50. The van der Waals surface area contributed by atoms with Gasteiger partial charge in [-0.3, -0.25) is 0 Å². The summed E-state index contributed by atoms with van der Waals surface area (Å²) in [6, 6.07) is 6.50. The van der Waals surface area contributed by atoms with Crippen LogP contribution in [0.15, 0.2) is 29.3 Å². The highest BCUT2D eigenvalue weighted by atomic mass is 19.1. The SMILES string of the molecule is CCNC(=NCc1nnc(C)n1C)N1CC(C)OC(c2ccc(F)cc2)C1. The summed E-state index contributed by atoms with van der Waals surface area (Å²) in [5.41, 5.74) is 0.965. The van der Waals surface area contributed by atoms with Crippen molar-refractivity contribution in [3.63, 3.8) is 0 Å². The number of benzene rings is 1. The van der Waals surface area contributed by atoms with Gasteiger partial charge in [0.25, 0.3) is 0 Å². The molecule has 0 bridgehead atoms. The van der Waals surface area contributed by atoms with Crippen LogP contribution in [0.5, 0.6) is 0 Å². The number of hydrogen-bond donors (Lipinski definition) is 1. The van der Waals surface area contributed by atoms with Crippen molar-refractivity contribution in [3.8, 4) is 0 Å². The molecule has 2 aromatic rings. The average molecular weight is 374 g/mol. The van der Waals surface area contributed by atoms with Gasteiger partial charge in [-0.15, -0.1) is 10.2 Å². The Kier molecular flexibility index (Phi) is 6.05. The molecule has 2 unspecified atom stereocenters. The zero-order valence-electron chi connectivity index (χ0n) is 16.3. The molecule has 0 radical (unpaired) electrons. The first kappa shape index (κ1) is 19.3. The van der Waals surface area contributed by atoms with Crippen molar-refractivity contribution in [2.45, 2.75) is 39.5 Å². The Bertz CT molecular complexity index is 788. The number of guanidine groups is 1. The van der Waals surface area contributed by atoms with Crippen molar-refractivity contribution in [1.29, 1.82) is 0 Å². The fourth-order valence-electron chi connectivity index (χ4n) is 3.15. The van der Waals surface area contributed by atoms with E-state index < -0.39 is 0 Å². The molecule has 0 aliphatic carbocycles. The Morgan fingerprint density at radius 3 is 2.67 bits per heavy atom. The first-order chi connectivity index (χ1) is 13.0. The van der Waals surface area contributed by atoms with Crippen LogP contribution < -0.4 is 5.32 Å². The minimum atomic E-state index is -0.242. The van der Waals surface area contributed by atoms with Gasteiger partial charge in [0.2, 0.25) is 0 Å². The number of aromatic nitrogens is 3. The largest absolute Gasteiger partial charge is 0.367 e. The number of halogens is 1. The Morgan fingerprint density at radius 2 is 2.04 bits per heavy atom.